The number of fused-ring (bicyclic) bond motifs is 1. The zero-order valence-electron chi connectivity index (χ0n) is 16.2. The number of aryl methyl sites for hydroxylation is 1. The summed E-state index contributed by atoms with van der Waals surface area (Å²) in [6.45, 7) is 2.39. The van der Waals surface area contributed by atoms with Gasteiger partial charge in [-0.05, 0) is 36.6 Å². The summed E-state index contributed by atoms with van der Waals surface area (Å²) in [5, 5.41) is 3.41. The van der Waals surface area contributed by atoms with Crippen molar-refractivity contribution in [3.63, 3.8) is 0 Å². The van der Waals surface area contributed by atoms with Crippen LogP contribution in [0.4, 0.5) is 5.69 Å². The van der Waals surface area contributed by atoms with E-state index >= 15 is 0 Å². The van der Waals surface area contributed by atoms with Crippen molar-refractivity contribution in [2.75, 3.05) is 17.7 Å². The molecular weight excluding hydrogens is 386 g/mol. The average Bonchev–Trinajstić information content (AvgIpc) is 3.21. The predicted molar refractivity (Wildman–Crippen MR) is 113 cm³/mol. The van der Waals surface area contributed by atoms with Crippen LogP contribution in [0.3, 0.4) is 0 Å². The molecule has 2 heterocycles. The number of imidazole rings is 1. The highest BCUT2D eigenvalue weighted by molar-refractivity contribution is 7.84. The van der Waals surface area contributed by atoms with Gasteiger partial charge in [0.05, 0.1) is 16.5 Å². The van der Waals surface area contributed by atoms with Gasteiger partial charge in [-0.15, -0.1) is 0 Å². The molecule has 2 unspecified atom stereocenters. The maximum atomic E-state index is 12.8. The van der Waals surface area contributed by atoms with Crippen molar-refractivity contribution in [2.24, 2.45) is 0 Å². The molecule has 2 aromatic carbocycles. The number of hydrogen-bond acceptors (Lipinski definition) is 4. The Balaban J connectivity index is 1.32. The zero-order chi connectivity index (χ0) is 20.2. The summed E-state index contributed by atoms with van der Waals surface area (Å²) in [6.07, 6.45) is 4.13. The minimum atomic E-state index is -1.25. The van der Waals surface area contributed by atoms with Gasteiger partial charge in [-0.2, -0.15) is 0 Å². The summed E-state index contributed by atoms with van der Waals surface area (Å²) in [5.41, 5.74) is 3.99. The van der Waals surface area contributed by atoms with Gasteiger partial charge in [0, 0.05) is 36.9 Å². The van der Waals surface area contributed by atoms with E-state index in [1.54, 1.807) is 6.20 Å². The molecule has 0 saturated carbocycles. The van der Waals surface area contributed by atoms with Crippen molar-refractivity contribution in [2.45, 2.75) is 31.0 Å². The zero-order valence-corrected chi connectivity index (χ0v) is 17.0. The molecule has 1 aliphatic heterocycles. The molecule has 29 heavy (non-hydrogen) atoms. The van der Waals surface area contributed by atoms with Crippen molar-refractivity contribution < 1.29 is 13.7 Å². The largest absolute Gasteiger partial charge is 0.368 e. The number of aromatic nitrogens is 2. The minimum Gasteiger partial charge on any atom is -0.368 e. The number of amides is 1. The molecule has 0 spiro atoms. The first-order chi connectivity index (χ1) is 14.1. The molecule has 2 atom stereocenters. The second-order valence-electron chi connectivity index (χ2n) is 6.98. The number of benzene rings is 2. The number of nitrogens with zero attached hydrogens (tertiary/aromatic N) is 2. The lowest BCUT2D eigenvalue weighted by Gasteiger charge is -2.24. The van der Waals surface area contributed by atoms with Gasteiger partial charge in [-0.3, -0.25) is 13.6 Å². The molecule has 3 aromatic rings. The first-order valence-electron chi connectivity index (χ1n) is 9.61. The van der Waals surface area contributed by atoms with E-state index in [0.29, 0.717) is 30.4 Å². The number of carbonyl (C=O) groups excluding carboxylic acids is 1. The molecule has 4 rings (SSSR count). The van der Waals surface area contributed by atoms with Gasteiger partial charge in [-0.25, -0.2) is 4.98 Å². The molecule has 1 N–H and O–H groups in total. The molecule has 1 aliphatic rings. The van der Waals surface area contributed by atoms with Gasteiger partial charge in [0.25, 0.3) is 5.91 Å². The Morgan fingerprint density at radius 1 is 1.21 bits per heavy atom. The number of anilines is 1. The number of para-hydroxylation sites is 2. The van der Waals surface area contributed by atoms with E-state index in [9.17, 15) is 9.00 Å². The summed E-state index contributed by atoms with van der Waals surface area (Å²) >= 11 is 0. The molecule has 0 fully saturated rings. The van der Waals surface area contributed by atoms with Crippen LogP contribution in [0, 0.1) is 6.92 Å². The van der Waals surface area contributed by atoms with Crippen molar-refractivity contribution in [3.8, 4) is 5.69 Å². The Morgan fingerprint density at radius 3 is 2.86 bits per heavy atom. The predicted octanol–water partition coefficient (Wildman–Crippen LogP) is 3.26. The van der Waals surface area contributed by atoms with Gasteiger partial charge >= 0.3 is 0 Å². The van der Waals surface area contributed by atoms with Gasteiger partial charge < -0.3 is 10.1 Å². The lowest BCUT2D eigenvalue weighted by Crippen LogP contribution is -2.37. The Labute approximate surface area is 172 Å². The first-order valence-corrected chi connectivity index (χ1v) is 10.9. The van der Waals surface area contributed by atoms with E-state index < -0.39 is 16.9 Å². The first kappa shape index (κ1) is 19.5. The second-order valence-corrected chi connectivity index (χ2v) is 8.44. The number of hydrogen-bond donors (Lipinski definition) is 1. The fourth-order valence-electron chi connectivity index (χ4n) is 3.44. The molecule has 0 aliphatic carbocycles. The van der Waals surface area contributed by atoms with Crippen molar-refractivity contribution in [1.29, 1.82) is 0 Å². The van der Waals surface area contributed by atoms with E-state index in [-0.39, 0.29) is 5.91 Å². The van der Waals surface area contributed by atoms with Crippen LogP contribution < -0.4 is 5.32 Å². The molecule has 150 valence electrons. The second kappa shape index (κ2) is 8.71. The fraction of sp³-hybridized carbons (Fsp3) is 0.273. The molecule has 0 bridgehead atoms. The molecule has 0 saturated heterocycles. The lowest BCUT2D eigenvalue weighted by molar-refractivity contribution is -0.127. The number of carbonyl (C=O) groups is 1. The highest BCUT2D eigenvalue weighted by Crippen LogP contribution is 2.23. The average molecular weight is 410 g/mol. The van der Waals surface area contributed by atoms with Gasteiger partial charge in [0.2, 0.25) is 5.16 Å². The van der Waals surface area contributed by atoms with Crippen LogP contribution in [0.5, 0.6) is 0 Å². The van der Waals surface area contributed by atoms with Gasteiger partial charge in [0.1, 0.15) is 6.10 Å². The standard InChI is InChI=1S/C22H23N3O3S/c1-16-7-2-5-10-19(16)25-12-11-23-22(25)29(27)14-6-13-28-20-15-17-8-3-4-9-18(17)24-21(20)26/h2-5,7-12,20H,6,13-15H2,1H3,(H,24,26). The summed E-state index contributed by atoms with van der Waals surface area (Å²) in [7, 11) is -1.25. The van der Waals surface area contributed by atoms with Crippen LogP contribution in [0.15, 0.2) is 66.1 Å². The third-order valence-electron chi connectivity index (χ3n) is 4.95. The van der Waals surface area contributed by atoms with E-state index in [2.05, 4.69) is 10.3 Å². The molecule has 0 radical (unpaired) electrons. The number of rotatable bonds is 7. The Hall–Kier alpha value is -2.77. The fourth-order valence-corrected chi connectivity index (χ4v) is 4.56. The highest BCUT2D eigenvalue weighted by Gasteiger charge is 2.26. The van der Waals surface area contributed by atoms with Crippen LogP contribution in [0.1, 0.15) is 17.5 Å². The molecule has 1 amide bonds. The third kappa shape index (κ3) is 4.31. The SMILES string of the molecule is Cc1ccccc1-n1ccnc1S(=O)CCCOC1Cc2ccccc2NC1=O. The minimum absolute atomic E-state index is 0.125. The van der Waals surface area contributed by atoms with Crippen molar-refractivity contribution >= 4 is 22.4 Å². The maximum absolute atomic E-state index is 12.8. The lowest BCUT2D eigenvalue weighted by atomic mass is 10.0. The highest BCUT2D eigenvalue weighted by atomic mass is 32.2. The summed E-state index contributed by atoms with van der Waals surface area (Å²) in [5.74, 6) is 0.299. The smallest absolute Gasteiger partial charge is 0.253 e. The normalized spacial score (nSPS) is 16.9. The number of nitrogens with one attached hydrogen (secondary N) is 1. The van der Waals surface area contributed by atoms with E-state index in [1.165, 1.54) is 0 Å². The van der Waals surface area contributed by atoms with Crippen LogP contribution in [-0.4, -0.2) is 38.1 Å². The maximum Gasteiger partial charge on any atom is 0.253 e. The summed E-state index contributed by atoms with van der Waals surface area (Å²) < 4.78 is 20.4. The van der Waals surface area contributed by atoms with Crippen LogP contribution in [0.2, 0.25) is 0 Å². The van der Waals surface area contributed by atoms with E-state index in [0.717, 1.165) is 22.5 Å². The third-order valence-corrected chi connectivity index (χ3v) is 6.32. The number of ether oxygens (including phenoxy) is 1. The van der Waals surface area contributed by atoms with Gasteiger partial charge in [0.15, 0.2) is 0 Å². The Kier molecular flexibility index (Phi) is 5.87. The van der Waals surface area contributed by atoms with Crippen LogP contribution in [0.25, 0.3) is 5.69 Å². The topological polar surface area (TPSA) is 73.2 Å². The summed E-state index contributed by atoms with van der Waals surface area (Å²) in [4.78, 5) is 16.5. The molecular formula is C22H23N3O3S. The van der Waals surface area contributed by atoms with Gasteiger partial charge in [-0.1, -0.05) is 36.4 Å². The summed E-state index contributed by atoms with van der Waals surface area (Å²) in [6, 6.07) is 15.7. The molecule has 1 aromatic heterocycles. The molecule has 6 nitrogen and oxygen atoms in total. The monoisotopic (exact) mass is 409 g/mol. The van der Waals surface area contributed by atoms with E-state index in [1.807, 2.05) is 66.2 Å². The van der Waals surface area contributed by atoms with Crippen molar-refractivity contribution in [3.05, 3.63) is 72.1 Å². The van der Waals surface area contributed by atoms with Crippen LogP contribution >= 0.6 is 0 Å². The van der Waals surface area contributed by atoms with Crippen LogP contribution in [-0.2, 0) is 26.8 Å². The Morgan fingerprint density at radius 2 is 2.00 bits per heavy atom. The quantitative estimate of drug-likeness (QED) is 0.608. The van der Waals surface area contributed by atoms with Crippen molar-refractivity contribution in [1.82, 2.24) is 9.55 Å². The van der Waals surface area contributed by atoms with E-state index in [4.69, 9.17) is 4.74 Å². The Bertz CT molecular complexity index is 1050. The molecule has 7 heteroatoms.